The van der Waals surface area contributed by atoms with E-state index in [1.54, 1.807) is 6.92 Å². The van der Waals surface area contributed by atoms with Gasteiger partial charge in [0.25, 0.3) is 0 Å². The number of anilines is 1. The summed E-state index contributed by atoms with van der Waals surface area (Å²) < 4.78 is 37.7. The lowest BCUT2D eigenvalue weighted by atomic mass is 10.3. The number of nitrogens with one attached hydrogen (secondary N) is 2. The van der Waals surface area contributed by atoms with Crippen molar-refractivity contribution in [3.63, 3.8) is 0 Å². The van der Waals surface area contributed by atoms with Gasteiger partial charge in [0.05, 0.1) is 4.90 Å². The summed E-state index contributed by atoms with van der Waals surface area (Å²) in [4.78, 5) is 29.1. The van der Waals surface area contributed by atoms with Gasteiger partial charge in [-0.25, -0.2) is 8.42 Å². The van der Waals surface area contributed by atoms with Crippen molar-refractivity contribution in [1.29, 1.82) is 0 Å². The molecule has 8 nitrogen and oxygen atoms in total. The minimum absolute atomic E-state index is 0.0213. The van der Waals surface area contributed by atoms with Crippen molar-refractivity contribution in [2.75, 3.05) is 5.32 Å². The molecule has 1 atom stereocenters. The van der Waals surface area contributed by atoms with Crippen molar-refractivity contribution in [2.45, 2.75) is 37.4 Å². The Bertz CT molecular complexity index is 667. The summed E-state index contributed by atoms with van der Waals surface area (Å²) in [5.41, 5.74) is 0.423. The maximum Gasteiger partial charge on any atom is 0.343 e. The first-order valence-electron chi connectivity index (χ1n) is 6.51. The molecule has 0 aliphatic rings. The summed E-state index contributed by atoms with van der Waals surface area (Å²) in [6.07, 6.45) is 0.438. The Morgan fingerprint density at radius 1 is 1.27 bits per heavy atom. The van der Waals surface area contributed by atoms with E-state index in [4.69, 9.17) is 0 Å². The van der Waals surface area contributed by atoms with E-state index in [1.165, 1.54) is 31.2 Å². The molecule has 10 heteroatoms. The molecule has 4 N–H and O–H groups in total. The molecule has 0 aliphatic heterocycles. The zero-order valence-electron chi connectivity index (χ0n) is 12.2. The van der Waals surface area contributed by atoms with Gasteiger partial charge in [0.15, 0.2) is 0 Å². The van der Waals surface area contributed by atoms with E-state index in [-0.39, 0.29) is 17.2 Å². The maximum atomic E-state index is 12.2. The molecule has 0 aromatic heterocycles. The Morgan fingerprint density at radius 2 is 1.82 bits per heavy atom. The quantitative estimate of drug-likeness (QED) is 0.547. The van der Waals surface area contributed by atoms with E-state index < -0.39 is 23.4 Å². The zero-order chi connectivity index (χ0) is 17.0. The van der Waals surface area contributed by atoms with Gasteiger partial charge in [-0.15, -0.1) is 0 Å². The summed E-state index contributed by atoms with van der Waals surface area (Å²) in [7, 11) is -8.65. The van der Waals surface area contributed by atoms with Crippen molar-refractivity contribution in [2.24, 2.45) is 0 Å². The number of sulfonamides is 1. The molecule has 0 aliphatic carbocycles. The third-order valence-electron chi connectivity index (χ3n) is 2.74. The molecular weight excluding hydrogens is 331 g/mol. The molecular formula is C12H19N2O6PS. The van der Waals surface area contributed by atoms with Crippen LogP contribution in [0.1, 0.15) is 26.7 Å². The molecule has 22 heavy (non-hydrogen) atoms. The van der Waals surface area contributed by atoms with Crippen LogP contribution >= 0.6 is 7.60 Å². The van der Waals surface area contributed by atoms with Crippen LogP contribution in [0.4, 0.5) is 5.69 Å². The van der Waals surface area contributed by atoms with Gasteiger partial charge >= 0.3 is 7.60 Å². The van der Waals surface area contributed by atoms with Crippen LogP contribution in [0.3, 0.4) is 0 Å². The van der Waals surface area contributed by atoms with Gasteiger partial charge in [-0.05, 0) is 30.7 Å². The van der Waals surface area contributed by atoms with Gasteiger partial charge in [0, 0.05) is 12.6 Å². The molecule has 0 heterocycles. The predicted octanol–water partition coefficient (Wildman–Crippen LogP) is 1.23. The van der Waals surface area contributed by atoms with Crippen LogP contribution < -0.4 is 10.0 Å². The molecule has 1 aromatic rings. The molecule has 0 saturated heterocycles. The lowest BCUT2D eigenvalue weighted by Crippen LogP contribution is -2.34. The molecule has 1 unspecified atom stereocenters. The SMILES string of the molecule is CCCC(NS(=O)(=O)c1ccc(NC(C)=O)cc1)P(=O)(O)O. The molecule has 124 valence electrons. The summed E-state index contributed by atoms with van der Waals surface area (Å²) in [6, 6.07) is 5.27. The summed E-state index contributed by atoms with van der Waals surface area (Å²) in [5.74, 6) is -1.75. The minimum Gasteiger partial charge on any atom is -0.326 e. The van der Waals surface area contributed by atoms with Crippen LogP contribution in [0.15, 0.2) is 29.2 Å². The summed E-state index contributed by atoms with van der Waals surface area (Å²) in [5, 5.41) is 2.49. The fourth-order valence-corrected chi connectivity index (χ4v) is 4.40. The van der Waals surface area contributed by atoms with Gasteiger partial charge in [0.1, 0.15) is 5.78 Å². The van der Waals surface area contributed by atoms with Crippen molar-refractivity contribution < 1.29 is 27.6 Å². The zero-order valence-corrected chi connectivity index (χ0v) is 13.9. The fourth-order valence-electron chi connectivity index (χ4n) is 1.74. The third kappa shape index (κ3) is 5.51. The van der Waals surface area contributed by atoms with Crippen molar-refractivity contribution in [1.82, 2.24) is 4.72 Å². The summed E-state index contributed by atoms with van der Waals surface area (Å²) in [6.45, 7) is 3.01. The van der Waals surface area contributed by atoms with E-state index >= 15 is 0 Å². The highest BCUT2D eigenvalue weighted by molar-refractivity contribution is 7.89. The monoisotopic (exact) mass is 350 g/mol. The standard InChI is InChI=1S/C12H19N2O6PS/c1-3-4-12(21(16,17)18)14-22(19,20)11-7-5-10(6-8-11)13-9(2)15/h5-8,12,14H,3-4H2,1-2H3,(H,13,15)(H2,16,17,18). The molecule has 0 radical (unpaired) electrons. The molecule has 0 saturated carbocycles. The molecule has 0 spiro atoms. The number of hydrogen-bond acceptors (Lipinski definition) is 4. The van der Waals surface area contributed by atoms with Crippen LogP contribution in [-0.2, 0) is 19.4 Å². The molecule has 1 amide bonds. The fraction of sp³-hybridized carbons (Fsp3) is 0.417. The lowest BCUT2D eigenvalue weighted by molar-refractivity contribution is -0.114. The number of carbonyl (C=O) groups is 1. The Balaban J connectivity index is 2.98. The highest BCUT2D eigenvalue weighted by Crippen LogP contribution is 2.42. The van der Waals surface area contributed by atoms with Gasteiger partial charge < -0.3 is 15.1 Å². The number of hydrogen-bond donors (Lipinski definition) is 4. The largest absolute Gasteiger partial charge is 0.343 e. The van der Waals surface area contributed by atoms with E-state index in [0.29, 0.717) is 12.1 Å². The van der Waals surface area contributed by atoms with E-state index in [0.717, 1.165) is 0 Å². The van der Waals surface area contributed by atoms with E-state index in [1.807, 2.05) is 4.72 Å². The maximum absolute atomic E-state index is 12.2. The minimum atomic E-state index is -4.58. The summed E-state index contributed by atoms with van der Waals surface area (Å²) >= 11 is 0. The average Bonchev–Trinajstić information content (AvgIpc) is 2.37. The molecule has 0 fully saturated rings. The molecule has 1 aromatic carbocycles. The Kier molecular flexibility index (Phi) is 6.27. The van der Waals surface area contributed by atoms with Gasteiger partial charge in [0.2, 0.25) is 15.9 Å². The smallest absolute Gasteiger partial charge is 0.326 e. The first-order valence-corrected chi connectivity index (χ1v) is 9.68. The second-order valence-corrected chi connectivity index (χ2v) is 8.24. The van der Waals surface area contributed by atoms with Crippen LogP contribution in [0, 0.1) is 0 Å². The molecule has 0 bridgehead atoms. The number of amides is 1. The van der Waals surface area contributed by atoms with Gasteiger partial charge in [-0.3, -0.25) is 9.36 Å². The Morgan fingerprint density at radius 3 is 2.23 bits per heavy atom. The van der Waals surface area contributed by atoms with Crippen molar-refractivity contribution in [3.05, 3.63) is 24.3 Å². The van der Waals surface area contributed by atoms with Gasteiger partial charge in [-0.2, -0.15) is 4.72 Å². The van der Waals surface area contributed by atoms with Crippen LogP contribution in [0.25, 0.3) is 0 Å². The number of benzene rings is 1. The predicted molar refractivity (Wildman–Crippen MR) is 81.8 cm³/mol. The van der Waals surface area contributed by atoms with Crippen LogP contribution in [-0.4, -0.2) is 29.9 Å². The first kappa shape index (κ1) is 18.8. The molecule has 1 rings (SSSR count). The number of rotatable bonds is 7. The van der Waals surface area contributed by atoms with Crippen molar-refractivity contribution in [3.8, 4) is 0 Å². The van der Waals surface area contributed by atoms with E-state index in [9.17, 15) is 27.6 Å². The normalized spacial score (nSPS) is 13.6. The number of carbonyl (C=O) groups excluding carboxylic acids is 1. The Hall–Kier alpha value is -1.25. The highest BCUT2D eigenvalue weighted by atomic mass is 32.2. The second-order valence-electron chi connectivity index (χ2n) is 4.72. The van der Waals surface area contributed by atoms with Gasteiger partial charge in [-0.1, -0.05) is 13.3 Å². The average molecular weight is 350 g/mol. The third-order valence-corrected chi connectivity index (χ3v) is 5.61. The van der Waals surface area contributed by atoms with Crippen LogP contribution in [0.5, 0.6) is 0 Å². The van der Waals surface area contributed by atoms with Crippen LogP contribution in [0.2, 0.25) is 0 Å². The van der Waals surface area contributed by atoms with E-state index in [2.05, 4.69) is 5.32 Å². The highest BCUT2D eigenvalue weighted by Gasteiger charge is 2.32. The Labute approximate surface area is 129 Å². The first-order chi connectivity index (χ1) is 10.1. The second kappa shape index (κ2) is 7.34. The van der Waals surface area contributed by atoms with Crippen molar-refractivity contribution >= 4 is 29.2 Å². The lowest BCUT2D eigenvalue weighted by Gasteiger charge is -2.19. The topological polar surface area (TPSA) is 133 Å².